The SMILES string of the molecule is NCCc1cc2ccccc2c(S(=O)(=O)O)c1N. The van der Waals surface area contributed by atoms with E-state index in [1.807, 2.05) is 0 Å². The smallest absolute Gasteiger partial charge is 0.297 e. The van der Waals surface area contributed by atoms with Gasteiger partial charge in [0.2, 0.25) is 0 Å². The second-order valence-electron chi connectivity index (χ2n) is 4.01. The van der Waals surface area contributed by atoms with Crippen LogP contribution in [0.2, 0.25) is 0 Å². The van der Waals surface area contributed by atoms with Gasteiger partial charge in [-0.3, -0.25) is 4.55 Å². The predicted octanol–water partition coefficient (Wildman–Crippen LogP) is 1.17. The molecule has 2 aromatic carbocycles. The zero-order chi connectivity index (χ0) is 13.3. The third-order valence-electron chi connectivity index (χ3n) is 2.80. The van der Waals surface area contributed by atoms with Crippen molar-refractivity contribution in [3.05, 3.63) is 35.9 Å². The number of nitrogens with two attached hydrogens (primary N) is 2. The lowest BCUT2D eigenvalue weighted by Crippen LogP contribution is -2.10. The lowest BCUT2D eigenvalue weighted by Gasteiger charge is -2.12. The summed E-state index contributed by atoms with van der Waals surface area (Å²) in [6, 6.07) is 8.66. The lowest BCUT2D eigenvalue weighted by atomic mass is 10.0. The van der Waals surface area contributed by atoms with E-state index >= 15 is 0 Å². The average molecular weight is 266 g/mol. The highest BCUT2D eigenvalue weighted by molar-refractivity contribution is 7.86. The van der Waals surface area contributed by atoms with Crippen LogP contribution in [-0.4, -0.2) is 19.5 Å². The fourth-order valence-corrected chi connectivity index (χ4v) is 2.90. The maximum atomic E-state index is 11.5. The maximum Gasteiger partial charge on any atom is 0.297 e. The monoisotopic (exact) mass is 266 g/mol. The Morgan fingerprint density at radius 1 is 1.22 bits per heavy atom. The minimum Gasteiger partial charge on any atom is -0.397 e. The van der Waals surface area contributed by atoms with Gasteiger partial charge in [-0.05, 0) is 30.0 Å². The summed E-state index contributed by atoms with van der Waals surface area (Å²) in [6.45, 7) is 0.355. The molecule has 18 heavy (non-hydrogen) atoms. The molecule has 0 aromatic heterocycles. The molecule has 2 aromatic rings. The van der Waals surface area contributed by atoms with Gasteiger partial charge in [0.05, 0.1) is 5.69 Å². The second-order valence-corrected chi connectivity index (χ2v) is 5.37. The van der Waals surface area contributed by atoms with E-state index in [1.165, 1.54) is 0 Å². The molecular formula is C12H14N2O3S. The summed E-state index contributed by atoms with van der Waals surface area (Å²) < 4.78 is 32.3. The largest absolute Gasteiger partial charge is 0.397 e. The zero-order valence-electron chi connectivity index (χ0n) is 9.63. The molecule has 0 radical (unpaired) electrons. The highest BCUT2D eigenvalue weighted by Crippen LogP contribution is 2.31. The van der Waals surface area contributed by atoms with Crippen molar-refractivity contribution < 1.29 is 13.0 Å². The molecule has 0 aliphatic heterocycles. The molecule has 0 unspecified atom stereocenters. The molecule has 96 valence electrons. The molecule has 0 saturated carbocycles. The summed E-state index contributed by atoms with van der Waals surface area (Å²) in [5, 5.41) is 1.13. The number of benzene rings is 2. The fraction of sp³-hybridized carbons (Fsp3) is 0.167. The predicted molar refractivity (Wildman–Crippen MR) is 70.9 cm³/mol. The number of rotatable bonds is 3. The summed E-state index contributed by atoms with van der Waals surface area (Å²) >= 11 is 0. The maximum absolute atomic E-state index is 11.5. The van der Waals surface area contributed by atoms with E-state index in [-0.39, 0.29) is 10.6 Å². The van der Waals surface area contributed by atoms with Crippen LogP contribution in [0.4, 0.5) is 5.69 Å². The minimum absolute atomic E-state index is 0.0710. The number of nitrogen functional groups attached to an aromatic ring is 1. The van der Waals surface area contributed by atoms with Crippen molar-refractivity contribution in [2.24, 2.45) is 5.73 Å². The first-order valence-corrected chi connectivity index (χ1v) is 6.87. The van der Waals surface area contributed by atoms with Gasteiger partial charge in [-0.1, -0.05) is 24.3 Å². The summed E-state index contributed by atoms with van der Waals surface area (Å²) in [4.78, 5) is -0.232. The van der Waals surface area contributed by atoms with Gasteiger partial charge < -0.3 is 11.5 Å². The summed E-state index contributed by atoms with van der Waals surface area (Å²) in [5.41, 5.74) is 12.0. The van der Waals surface area contributed by atoms with Crippen LogP contribution in [0.5, 0.6) is 0 Å². The Morgan fingerprint density at radius 3 is 2.50 bits per heavy atom. The van der Waals surface area contributed by atoms with Crippen molar-refractivity contribution >= 4 is 26.6 Å². The highest BCUT2D eigenvalue weighted by atomic mass is 32.2. The van der Waals surface area contributed by atoms with Gasteiger partial charge in [-0.25, -0.2) is 0 Å². The first kappa shape index (κ1) is 12.8. The highest BCUT2D eigenvalue weighted by Gasteiger charge is 2.20. The standard InChI is InChI=1S/C12H14N2O3S/c13-6-5-9-7-8-3-1-2-4-10(8)12(11(9)14)18(15,16)17/h1-4,7H,5-6,13-14H2,(H,15,16,17). The van der Waals surface area contributed by atoms with Crippen molar-refractivity contribution in [1.29, 1.82) is 0 Å². The van der Waals surface area contributed by atoms with Gasteiger partial charge in [0.15, 0.2) is 0 Å². The molecule has 0 spiro atoms. The first-order valence-electron chi connectivity index (χ1n) is 5.43. The van der Waals surface area contributed by atoms with Gasteiger partial charge in [-0.15, -0.1) is 0 Å². The van der Waals surface area contributed by atoms with Crippen LogP contribution in [0.25, 0.3) is 10.8 Å². The first-order chi connectivity index (χ1) is 8.45. The molecule has 2 rings (SSSR count). The zero-order valence-corrected chi connectivity index (χ0v) is 10.4. The van der Waals surface area contributed by atoms with E-state index in [4.69, 9.17) is 11.5 Å². The van der Waals surface area contributed by atoms with E-state index in [1.54, 1.807) is 30.3 Å². The molecule has 0 aliphatic carbocycles. The average Bonchev–Trinajstić information content (AvgIpc) is 2.28. The van der Waals surface area contributed by atoms with Crippen LogP contribution < -0.4 is 11.5 Å². The Morgan fingerprint density at radius 2 is 1.89 bits per heavy atom. The van der Waals surface area contributed by atoms with Crippen LogP contribution in [-0.2, 0) is 16.5 Å². The number of hydrogen-bond donors (Lipinski definition) is 3. The quantitative estimate of drug-likeness (QED) is 0.571. The van der Waals surface area contributed by atoms with Crippen molar-refractivity contribution in [3.63, 3.8) is 0 Å². The summed E-state index contributed by atoms with van der Waals surface area (Å²) in [6.07, 6.45) is 0.458. The molecule has 6 heteroatoms. The minimum atomic E-state index is -4.37. The van der Waals surface area contributed by atoms with E-state index in [0.717, 1.165) is 0 Å². The van der Waals surface area contributed by atoms with Crippen LogP contribution in [0.15, 0.2) is 35.2 Å². The molecule has 0 heterocycles. The van der Waals surface area contributed by atoms with Gasteiger partial charge in [-0.2, -0.15) is 8.42 Å². The normalized spacial score (nSPS) is 11.9. The molecule has 5 nitrogen and oxygen atoms in total. The van der Waals surface area contributed by atoms with E-state index in [9.17, 15) is 13.0 Å². The van der Waals surface area contributed by atoms with Crippen molar-refractivity contribution in [1.82, 2.24) is 0 Å². The summed E-state index contributed by atoms with van der Waals surface area (Å²) in [5.74, 6) is 0. The number of fused-ring (bicyclic) bond motifs is 1. The van der Waals surface area contributed by atoms with E-state index in [2.05, 4.69) is 0 Å². The Labute approximate surface area is 105 Å². The molecule has 0 amide bonds. The fourth-order valence-electron chi connectivity index (χ4n) is 2.03. The van der Waals surface area contributed by atoms with E-state index < -0.39 is 10.1 Å². The second kappa shape index (κ2) is 4.56. The summed E-state index contributed by atoms with van der Waals surface area (Å²) in [7, 11) is -4.37. The number of hydrogen-bond acceptors (Lipinski definition) is 4. The molecule has 5 N–H and O–H groups in total. The van der Waals surface area contributed by atoms with Crippen LogP contribution in [0.1, 0.15) is 5.56 Å². The Hall–Kier alpha value is -1.63. The Balaban J connectivity index is 2.91. The van der Waals surface area contributed by atoms with Crippen molar-refractivity contribution in [3.8, 4) is 0 Å². The third-order valence-corrected chi connectivity index (χ3v) is 3.75. The van der Waals surface area contributed by atoms with Crippen molar-refractivity contribution in [2.75, 3.05) is 12.3 Å². The number of anilines is 1. The van der Waals surface area contributed by atoms with Crippen LogP contribution in [0, 0.1) is 0 Å². The van der Waals surface area contributed by atoms with Gasteiger partial charge in [0.25, 0.3) is 10.1 Å². The molecule has 0 fully saturated rings. The van der Waals surface area contributed by atoms with E-state index in [0.29, 0.717) is 29.3 Å². The van der Waals surface area contributed by atoms with Crippen LogP contribution in [0.3, 0.4) is 0 Å². The van der Waals surface area contributed by atoms with Crippen LogP contribution >= 0.6 is 0 Å². The Bertz CT molecular complexity index is 696. The Kier molecular flexibility index (Phi) is 3.25. The van der Waals surface area contributed by atoms with Crippen molar-refractivity contribution in [2.45, 2.75) is 11.3 Å². The molecule has 0 aliphatic rings. The molecular weight excluding hydrogens is 252 g/mol. The van der Waals surface area contributed by atoms with Gasteiger partial charge in [0.1, 0.15) is 4.90 Å². The molecule has 0 saturated heterocycles. The third kappa shape index (κ3) is 2.17. The molecule has 0 bridgehead atoms. The van der Waals surface area contributed by atoms with Gasteiger partial charge in [0, 0.05) is 5.39 Å². The lowest BCUT2D eigenvalue weighted by molar-refractivity contribution is 0.484. The molecule has 0 atom stereocenters. The topological polar surface area (TPSA) is 106 Å². The van der Waals surface area contributed by atoms with Gasteiger partial charge >= 0.3 is 0 Å².